The summed E-state index contributed by atoms with van der Waals surface area (Å²) in [6.45, 7) is 6.91. The maximum atomic E-state index is 5.55. The number of nitrogens with zero attached hydrogens (tertiary/aromatic N) is 2. The van der Waals surface area contributed by atoms with Gasteiger partial charge in [-0.15, -0.1) is 0 Å². The summed E-state index contributed by atoms with van der Waals surface area (Å²) in [4.78, 5) is 8.40. The molecule has 0 bridgehead atoms. The van der Waals surface area contributed by atoms with Crippen molar-refractivity contribution in [2.75, 3.05) is 19.0 Å². The number of hydrogen-bond acceptors (Lipinski definition) is 4. The standard InChI is InChI=1S/C11H19N3O/c1-8(2)5-6-15-11-7-10(12-4)13-9(3)14-11/h7-8H,5-6H2,1-4H3,(H,12,13,14). The van der Waals surface area contributed by atoms with E-state index in [4.69, 9.17) is 4.74 Å². The number of aromatic nitrogens is 2. The second kappa shape index (κ2) is 5.53. The molecule has 0 saturated carbocycles. The molecule has 4 nitrogen and oxygen atoms in total. The Morgan fingerprint density at radius 1 is 1.40 bits per heavy atom. The van der Waals surface area contributed by atoms with Gasteiger partial charge in [0.2, 0.25) is 5.88 Å². The molecule has 0 radical (unpaired) electrons. The van der Waals surface area contributed by atoms with E-state index in [2.05, 4.69) is 29.1 Å². The summed E-state index contributed by atoms with van der Waals surface area (Å²) in [5.74, 6) is 2.81. The van der Waals surface area contributed by atoms with Crippen molar-refractivity contribution in [2.45, 2.75) is 27.2 Å². The summed E-state index contributed by atoms with van der Waals surface area (Å²) in [7, 11) is 1.83. The maximum absolute atomic E-state index is 5.55. The molecule has 0 atom stereocenters. The van der Waals surface area contributed by atoms with Gasteiger partial charge in [0.05, 0.1) is 6.61 Å². The lowest BCUT2D eigenvalue weighted by atomic mass is 10.1. The smallest absolute Gasteiger partial charge is 0.218 e. The molecule has 84 valence electrons. The Morgan fingerprint density at radius 2 is 2.13 bits per heavy atom. The van der Waals surface area contributed by atoms with Gasteiger partial charge >= 0.3 is 0 Å². The van der Waals surface area contributed by atoms with Crippen LogP contribution in [0.3, 0.4) is 0 Å². The van der Waals surface area contributed by atoms with E-state index >= 15 is 0 Å². The quantitative estimate of drug-likeness (QED) is 0.808. The highest BCUT2D eigenvalue weighted by Crippen LogP contribution is 2.13. The van der Waals surface area contributed by atoms with Gasteiger partial charge in [-0.05, 0) is 19.3 Å². The van der Waals surface area contributed by atoms with Gasteiger partial charge in [-0.2, -0.15) is 4.98 Å². The summed E-state index contributed by atoms with van der Waals surface area (Å²) in [6, 6.07) is 1.81. The lowest BCUT2D eigenvalue weighted by molar-refractivity contribution is 0.278. The Hall–Kier alpha value is -1.32. The molecule has 0 fully saturated rings. The van der Waals surface area contributed by atoms with Crippen molar-refractivity contribution in [3.05, 3.63) is 11.9 Å². The SMILES string of the molecule is CNc1cc(OCCC(C)C)nc(C)n1. The molecule has 0 aliphatic heterocycles. The minimum atomic E-state index is 0.646. The molecule has 4 heteroatoms. The van der Waals surface area contributed by atoms with Crippen molar-refractivity contribution in [1.29, 1.82) is 0 Å². The maximum Gasteiger partial charge on any atom is 0.218 e. The van der Waals surface area contributed by atoms with Gasteiger partial charge in [-0.3, -0.25) is 0 Å². The summed E-state index contributed by atoms with van der Waals surface area (Å²) in [6.07, 6.45) is 1.04. The molecular formula is C11H19N3O. The minimum Gasteiger partial charge on any atom is -0.478 e. The zero-order valence-corrected chi connectivity index (χ0v) is 9.87. The van der Waals surface area contributed by atoms with Crippen LogP contribution in [0, 0.1) is 12.8 Å². The first-order valence-electron chi connectivity index (χ1n) is 5.28. The van der Waals surface area contributed by atoms with E-state index in [1.165, 1.54) is 0 Å². The normalized spacial score (nSPS) is 10.5. The zero-order valence-electron chi connectivity index (χ0n) is 9.87. The van der Waals surface area contributed by atoms with Gasteiger partial charge in [0, 0.05) is 13.1 Å². The summed E-state index contributed by atoms with van der Waals surface area (Å²) < 4.78 is 5.55. The van der Waals surface area contributed by atoms with E-state index in [0.717, 1.165) is 18.1 Å². The molecule has 1 rings (SSSR count). The van der Waals surface area contributed by atoms with E-state index in [1.54, 1.807) is 0 Å². The van der Waals surface area contributed by atoms with Crippen molar-refractivity contribution < 1.29 is 4.74 Å². The highest BCUT2D eigenvalue weighted by atomic mass is 16.5. The van der Waals surface area contributed by atoms with Crippen LogP contribution in [0.1, 0.15) is 26.1 Å². The molecule has 0 aliphatic rings. The molecule has 0 unspecified atom stereocenters. The van der Waals surface area contributed by atoms with E-state index < -0.39 is 0 Å². The fraction of sp³-hybridized carbons (Fsp3) is 0.636. The lowest BCUT2D eigenvalue weighted by Gasteiger charge is -2.08. The first kappa shape index (κ1) is 11.8. The molecule has 0 amide bonds. The van der Waals surface area contributed by atoms with Crippen LogP contribution in [0.15, 0.2) is 6.07 Å². The summed E-state index contributed by atoms with van der Waals surface area (Å²) in [5.41, 5.74) is 0. The van der Waals surface area contributed by atoms with Gasteiger partial charge < -0.3 is 10.1 Å². The van der Waals surface area contributed by atoms with Gasteiger partial charge in [0.1, 0.15) is 11.6 Å². The molecule has 0 aromatic carbocycles. The molecule has 1 aromatic rings. The first-order chi connectivity index (χ1) is 7.11. The van der Waals surface area contributed by atoms with Gasteiger partial charge in [-0.1, -0.05) is 13.8 Å². The van der Waals surface area contributed by atoms with E-state index in [1.807, 2.05) is 20.0 Å². The number of rotatable bonds is 5. The molecule has 15 heavy (non-hydrogen) atoms. The Bertz CT molecular complexity index is 313. The molecular weight excluding hydrogens is 190 g/mol. The van der Waals surface area contributed by atoms with Crippen LogP contribution in [-0.2, 0) is 0 Å². The van der Waals surface area contributed by atoms with Crippen LogP contribution in [0.5, 0.6) is 5.88 Å². The Morgan fingerprint density at radius 3 is 2.73 bits per heavy atom. The number of nitrogens with one attached hydrogen (secondary N) is 1. The number of ether oxygens (including phenoxy) is 1. The van der Waals surface area contributed by atoms with Crippen LogP contribution in [-0.4, -0.2) is 23.6 Å². The van der Waals surface area contributed by atoms with Crippen LogP contribution in [0.2, 0.25) is 0 Å². The Labute approximate surface area is 91.1 Å². The topological polar surface area (TPSA) is 47.0 Å². The van der Waals surface area contributed by atoms with E-state index in [-0.39, 0.29) is 0 Å². The Balaban J connectivity index is 2.56. The van der Waals surface area contributed by atoms with Gasteiger partial charge in [0.25, 0.3) is 0 Å². The Kier molecular flexibility index (Phi) is 4.34. The highest BCUT2D eigenvalue weighted by Gasteiger charge is 2.02. The fourth-order valence-corrected chi connectivity index (χ4v) is 1.14. The average molecular weight is 209 g/mol. The van der Waals surface area contributed by atoms with Crippen LogP contribution in [0.4, 0.5) is 5.82 Å². The summed E-state index contributed by atoms with van der Waals surface area (Å²) in [5, 5.41) is 2.98. The second-order valence-electron chi connectivity index (χ2n) is 3.92. The summed E-state index contributed by atoms with van der Waals surface area (Å²) >= 11 is 0. The molecule has 1 heterocycles. The van der Waals surface area contributed by atoms with Crippen molar-refractivity contribution in [1.82, 2.24) is 9.97 Å². The monoisotopic (exact) mass is 209 g/mol. The second-order valence-corrected chi connectivity index (χ2v) is 3.92. The van der Waals surface area contributed by atoms with Crippen molar-refractivity contribution >= 4 is 5.82 Å². The lowest BCUT2D eigenvalue weighted by Crippen LogP contribution is -2.05. The van der Waals surface area contributed by atoms with Gasteiger partial charge in [0.15, 0.2) is 0 Å². The van der Waals surface area contributed by atoms with E-state index in [0.29, 0.717) is 18.4 Å². The van der Waals surface area contributed by atoms with Crippen LogP contribution >= 0.6 is 0 Å². The first-order valence-corrected chi connectivity index (χ1v) is 5.28. The predicted molar refractivity (Wildman–Crippen MR) is 61.3 cm³/mol. The largest absolute Gasteiger partial charge is 0.478 e. The predicted octanol–water partition coefficient (Wildman–Crippen LogP) is 2.25. The minimum absolute atomic E-state index is 0.646. The fourth-order valence-electron chi connectivity index (χ4n) is 1.14. The van der Waals surface area contributed by atoms with Crippen molar-refractivity contribution in [3.8, 4) is 5.88 Å². The van der Waals surface area contributed by atoms with Crippen molar-refractivity contribution in [3.63, 3.8) is 0 Å². The molecule has 1 aromatic heterocycles. The van der Waals surface area contributed by atoms with Crippen LogP contribution in [0.25, 0.3) is 0 Å². The van der Waals surface area contributed by atoms with Crippen molar-refractivity contribution in [2.24, 2.45) is 5.92 Å². The third-order valence-corrected chi connectivity index (χ3v) is 2.02. The average Bonchev–Trinajstić information content (AvgIpc) is 2.16. The van der Waals surface area contributed by atoms with E-state index in [9.17, 15) is 0 Å². The third kappa shape index (κ3) is 4.14. The molecule has 0 spiro atoms. The zero-order chi connectivity index (χ0) is 11.3. The van der Waals surface area contributed by atoms with Crippen LogP contribution < -0.4 is 10.1 Å². The van der Waals surface area contributed by atoms with Gasteiger partial charge in [-0.25, -0.2) is 4.98 Å². The number of aryl methyl sites for hydroxylation is 1. The number of hydrogen-bond donors (Lipinski definition) is 1. The molecule has 0 aliphatic carbocycles. The number of anilines is 1. The third-order valence-electron chi connectivity index (χ3n) is 2.02. The molecule has 0 saturated heterocycles. The highest BCUT2D eigenvalue weighted by molar-refractivity contribution is 5.37. The molecule has 1 N–H and O–H groups in total.